The third kappa shape index (κ3) is 6.15. The van der Waals surface area contributed by atoms with E-state index in [4.69, 9.17) is 4.74 Å². The van der Waals surface area contributed by atoms with E-state index in [-0.39, 0.29) is 23.5 Å². The fourth-order valence-corrected chi connectivity index (χ4v) is 2.98. The number of hydrazone groups is 1. The number of nitrogens with zero attached hydrogens (tertiary/aromatic N) is 2. The second-order valence-electron chi connectivity index (χ2n) is 6.71. The van der Waals surface area contributed by atoms with Gasteiger partial charge in [-0.1, -0.05) is 66.7 Å². The van der Waals surface area contributed by atoms with Crippen LogP contribution in [0.4, 0.5) is 11.4 Å². The summed E-state index contributed by atoms with van der Waals surface area (Å²) in [5.41, 5.74) is 4.09. The number of hydrogen-bond acceptors (Lipinski definition) is 6. The summed E-state index contributed by atoms with van der Waals surface area (Å²) in [6.45, 7) is 1.72. The number of carbonyl (C=O) groups is 2. The first kappa shape index (κ1) is 23.0. The van der Waals surface area contributed by atoms with Crippen molar-refractivity contribution in [3.63, 3.8) is 0 Å². The molecule has 0 heterocycles. The molecule has 0 atom stereocenters. The van der Waals surface area contributed by atoms with Gasteiger partial charge in [0.15, 0.2) is 5.71 Å². The molecule has 33 heavy (non-hydrogen) atoms. The molecule has 1 amide bonds. The van der Waals surface area contributed by atoms with Crippen LogP contribution in [0.2, 0.25) is 0 Å². The molecule has 3 aromatic rings. The lowest BCUT2D eigenvalue weighted by molar-refractivity contribution is -0.137. The highest BCUT2D eigenvalue weighted by Crippen LogP contribution is 2.23. The third-order valence-electron chi connectivity index (χ3n) is 4.46. The van der Waals surface area contributed by atoms with Crippen molar-refractivity contribution in [2.45, 2.75) is 6.92 Å². The number of rotatable bonds is 8. The van der Waals surface area contributed by atoms with Crippen molar-refractivity contribution in [3.8, 4) is 6.07 Å². The summed E-state index contributed by atoms with van der Waals surface area (Å²) in [5.74, 6) is -1.43. The molecular weight excluding hydrogens is 416 g/mol. The first-order valence-corrected chi connectivity index (χ1v) is 10.3. The van der Waals surface area contributed by atoms with Crippen molar-refractivity contribution in [3.05, 3.63) is 102 Å². The van der Waals surface area contributed by atoms with Crippen molar-refractivity contribution in [1.29, 1.82) is 5.26 Å². The van der Waals surface area contributed by atoms with Crippen LogP contribution >= 0.6 is 0 Å². The van der Waals surface area contributed by atoms with E-state index in [0.29, 0.717) is 16.9 Å². The Labute approximate surface area is 192 Å². The number of nitriles is 1. The Morgan fingerprint density at radius 3 is 1.97 bits per heavy atom. The molecule has 0 aliphatic heterocycles. The van der Waals surface area contributed by atoms with Gasteiger partial charge in [-0.2, -0.15) is 10.4 Å². The van der Waals surface area contributed by atoms with Crippen LogP contribution in [0.1, 0.15) is 12.5 Å². The van der Waals surface area contributed by atoms with Crippen LogP contribution in [-0.2, 0) is 14.3 Å². The Balaban J connectivity index is 2.17. The van der Waals surface area contributed by atoms with Crippen LogP contribution in [0, 0.1) is 11.3 Å². The smallest absolute Gasteiger partial charge is 0.349 e. The number of nitrogens with one attached hydrogen (secondary N) is 2. The number of ether oxygens (including phenoxy) is 1. The van der Waals surface area contributed by atoms with Crippen molar-refractivity contribution < 1.29 is 14.3 Å². The summed E-state index contributed by atoms with van der Waals surface area (Å²) in [6, 6.07) is 28.4. The van der Waals surface area contributed by atoms with Gasteiger partial charge in [-0.05, 0) is 36.8 Å². The number of benzene rings is 3. The molecule has 0 aliphatic rings. The highest BCUT2D eigenvalue weighted by molar-refractivity contribution is 6.59. The first-order chi connectivity index (χ1) is 16.1. The van der Waals surface area contributed by atoms with Gasteiger partial charge in [0.2, 0.25) is 0 Å². The lowest BCUT2D eigenvalue weighted by Crippen LogP contribution is -2.27. The van der Waals surface area contributed by atoms with Crippen molar-refractivity contribution in [2.75, 3.05) is 17.3 Å². The molecule has 7 nitrogen and oxygen atoms in total. The summed E-state index contributed by atoms with van der Waals surface area (Å²) >= 11 is 0. The quantitative estimate of drug-likeness (QED) is 0.175. The van der Waals surface area contributed by atoms with Crippen LogP contribution in [-0.4, -0.2) is 24.2 Å². The van der Waals surface area contributed by atoms with Crippen LogP contribution in [0.3, 0.4) is 0 Å². The van der Waals surface area contributed by atoms with Crippen LogP contribution < -0.4 is 10.7 Å². The number of esters is 1. The van der Waals surface area contributed by atoms with Gasteiger partial charge in [0.05, 0.1) is 12.3 Å². The van der Waals surface area contributed by atoms with E-state index in [0.717, 1.165) is 0 Å². The zero-order valence-electron chi connectivity index (χ0n) is 18.0. The van der Waals surface area contributed by atoms with E-state index in [1.165, 1.54) is 0 Å². The number of anilines is 2. The van der Waals surface area contributed by atoms with Gasteiger partial charge in [0.1, 0.15) is 11.6 Å². The van der Waals surface area contributed by atoms with E-state index in [1.807, 2.05) is 30.3 Å². The number of para-hydroxylation sites is 2. The van der Waals surface area contributed by atoms with Crippen LogP contribution in [0.15, 0.2) is 102 Å². The predicted molar refractivity (Wildman–Crippen MR) is 128 cm³/mol. The monoisotopic (exact) mass is 438 g/mol. The van der Waals surface area contributed by atoms with E-state index < -0.39 is 11.9 Å². The minimum atomic E-state index is -0.834. The van der Waals surface area contributed by atoms with Gasteiger partial charge in [0.25, 0.3) is 5.91 Å². The van der Waals surface area contributed by atoms with Gasteiger partial charge in [-0.25, -0.2) is 4.79 Å². The molecule has 0 radical (unpaired) electrons. The molecule has 3 aromatic carbocycles. The van der Waals surface area contributed by atoms with E-state index in [2.05, 4.69) is 15.8 Å². The molecule has 3 rings (SSSR count). The molecule has 0 aliphatic carbocycles. The Bertz CT molecular complexity index is 1200. The third-order valence-corrected chi connectivity index (χ3v) is 4.46. The molecule has 164 valence electrons. The SMILES string of the molecule is CCOC(=O)/C(C#N)=C(\C(=N/Nc1ccccc1)C(=O)Nc1ccccc1)c1ccccc1. The van der Waals surface area contributed by atoms with Crippen molar-refractivity contribution in [1.82, 2.24) is 0 Å². The topological polar surface area (TPSA) is 104 Å². The zero-order valence-corrected chi connectivity index (χ0v) is 18.0. The summed E-state index contributed by atoms with van der Waals surface area (Å²) in [6.07, 6.45) is 0. The van der Waals surface area contributed by atoms with Crippen LogP contribution in [0.25, 0.3) is 5.57 Å². The maximum absolute atomic E-state index is 13.4. The Morgan fingerprint density at radius 1 is 0.879 bits per heavy atom. The Hall–Kier alpha value is -4.70. The highest BCUT2D eigenvalue weighted by Gasteiger charge is 2.27. The van der Waals surface area contributed by atoms with Gasteiger partial charge < -0.3 is 10.1 Å². The molecule has 2 N–H and O–H groups in total. The van der Waals surface area contributed by atoms with Crippen molar-refractivity contribution >= 4 is 34.5 Å². The number of amides is 1. The van der Waals surface area contributed by atoms with Crippen molar-refractivity contribution in [2.24, 2.45) is 5.10 Å². The predicted octanol–water partition coefficient (Wildman–Crippen LogP) is 4.63. The molecule has 0 saturated heterocycles. The average Bonchev–Trinajstić information content (AvgIpc) is 2.85. The minimum absolute atomic E-state index is 0.0633. The fraction of sp³-hybridized carbons (Fsp3) is 0.0769. The number of hydrogen-bond donors (Lipinski definition) is 2. The van der Waals surface area contributed by atoms with Gasteiger partial charge in [-0.15, -0.1) is 0 Å². The van der Waals surface area contributed by atoms with E-state index in [1.54, 1.807) is 73.7 Å². The van der Waals surface area contributed by atoms with E-state index >= 15 is 0 Å². The molecule has 0 aromatic heterocycles. The Morgan fingerprint density at radius 2 is 1.42 bits per heavy atom. The first-order valence-electron chi connectivity index (χ1n) is 10.3. The molecule has 0 saturated carbocycles. The zero-order chi connectivity index (χ0) is 23.5. The molecule has 0 fully saturated rings. The van der Waals surface area contributed by atoms with Gasteiger partial charge in [0, 0.05) is 11.3 Å². The Kier molecular flexibility index (Phi) is 8.09. The summed E-state index contributed by atoms with van der Waals surface area (Å²) in [5, 5.41) is 16.9. The normalized spacial score (nSPS) is 11.6. The second kappa shape index (κ2) is 11.6. The van der Waals surface area contributed by atoms with E-state index in [9.17, 15) is 14.9 Å². The lowest BCUT2D eigenvalue weighted by atomic mass is 9.95. The number of carbonyl (C=O) groups excluding carboxylic acids is 2. The maximum Gasteiger partial charge on any atom is 0.349 e. The van der Waals surface area contributed by atoms with Gasteiger partial charge in [-0.3, -0.25) is 10.2 Å². The summed E-state index contributed by atoms with van der Waals surface area (Å²) in [7, 11) is 0. The second-order valence-corrected chi connectivity index (χ2v) is 6.71. The summed E-state index contributed by atoms with van der Waals surface area (Å²) in [4.78, 5) is 26.0. The molecule has 0 unspecified atom stereocenters. The maximum atomic E-state index is 13.4. The minimum Gasteiger partial charge on any atom is -0.462 e. The molecule has 7 heteroatoms. The highest BCUT2D eigenvalue weighted by atomic mass is 16.5. The summed E-state index contributed by atoms with van der Waals surface area (Å²) < 4.78 is 5.08. The lowest BCUT2D eigenvalue weighted by Gasteiger charge is -2.14. The molecular formula is C26H22N4O3. The fourth-order valence-electron chi connectivity index (χ4n) is 2.98. The standard InChI is InChI=1S/C26H22N4O3/c1-2-33-26(32)22(18-27)23(19-12-6-3-7-13-19)24(30-29-21-16-10-5-11-17-21)25(31)28-20-14-8-4-9-15-20/h3-17,29H,2H2,1H3,(H,28,31)/b23-22-,30-24+. The molecule has 0 spiro atoms. The largest absolute Gasteiger partial charge is 0.462 e. The van der Waals surface area contributed by atoms with Gasteiger partial charge >= 0.3 is 5.97 Å². The molecule has 0 bridgehead atoms. The van der Waals surface area contributed by atoms with Crippen LogP contribution in [0.5, 0.6) is 0 Å². The average molecular weight is 438 g/mol.